The highest BCUT2D eigenvalue weighted by atomic mass is 16.5. The van der Waals surface area contributed by atoms with Gasteiger partial charge < -0.3 is 24.5 Å². The van der Waals surface area contributed by atoms with Crippen molar-refractivity contribution < 1.29 is 24.2 Å². The molecule has 1 unspecified atom stereocenters. The highest BCUT2D eigenvalue weighted by Gasteiger charge is 2.47. The number of hydrogen-bond donors (Lipinski definition) is 2. The molecule has 1 amide bonds. The fourth-order valence-corrected chi connectivity index (χ4v) is 4.56. The number of nitrogens with zero attached hydrogens (tertiary/aromatic N) is 1. The fraction of sp³-hybridized carbons (Fsp3) is 0.333. The summed E-state index contributed by atoms with van der Waals surface area (Å²) in [7, 11) is 1.60. The summed E-state index contributed by atoms with van der Waals surface area (Å²) >= 11 is 0. The molecule has 1 atom stereocenters. The van der Waals surface area contributed by atoms with Crippen LogP contribution in [0.25, 0.3) is 16.7 Å². The van der Waals surface area contributed by atoms with E-state index in [0.717, 1.165) is 22.2 Å². The zero-order valence-corrected chi connectivity index (χ0v) is 19.9. The number of benzene rings is 2. The Labute approximate surface area is 199 Å². The van der Waals surface area contributed by atoms with Crippen LogP contribution in [0.2, 0.25) is 0 Å². The molecule has 1 aromatic heterocycles. The predicted molar refractivity (Wildman–Crippen MR) is 131 cm³/mol. The van der Waals surface area contributed by atoms with Crippen LogP contribution in [0.5, 0.6) is 5.75 Å². The maximum atomic E-state index is 13.3. The number of para-hydroxylation sites is 1. The molecule has 0 bridgehead atoms. The Hall–Kier alpha value is -3.58. The summed E-state index contributed by atoms with van der Waals surface area (Å²) in [6.07, 6.45) is 0.588. The van der Waals surface area contributed by atoms with Gasteiger partial charge in [-0.2, -0.15) is 0 Å². The summed E-state index contributed by atoms with van der Waals surface area (Å²) in [5, 5.41) is 12.2. The first-order chi connectivity index (χ1) is 16.3. The number of ether oxygens (including phenoxy) is 2. The van der Waals surface area contributed by atoms with Crippen LogP contribution in [0.15, 0.2) is 54.1 Å². The summed E-state index contributed by atoms with van der Waals surface area (Å²) < 4.78 is 10.8. The van der Waals surface area contributed by atoms with Gasteiger partial charge in [0.25, 0.3) is 11.7 Å². The Morgan fingerprint density at radius 2 is 1.82 bits per heavy atom. The summed E-state index contributed by atoms with van der Waals surface area (Å²) in [6.45, 7) is 6.58. The number of aromatic amines is 1. The third-order valence-corrected chi connectivity index (χ3v) is 6.00. The average Bonchev–Trinajstić information content (AvgIpc) is 3.26. The van der Waals surface area contributed by atoms with Crippen LogP contribution < -0.4 is 4.74 Å². The Kier molecular flexibility index (Phi) is 6.75. The number of amides is 1. The minimum absolute atomic E-state index is 0.0155. The van der Waals surface area contributed by atoms with Crippen molar-refractivity contribution in [3.8, 4) is 5.75 Å². The molecule has 178 valence electrons. The standard InChI is InChI=1S/C27H30N2O5/c1-16(2)34-19-12-10-18(11-13-19)25(30)23-24(29(14-7-15-33-4)27(32)26(23)31)22-17(3)28-21-9-6-5-8-20(21)22/h5-6,8-13,16,24,28,30H,7,14-15H2,1-4H3/b25-23+. The lowest BCUT2D eigenvalue weighted by molar-refractivity contribution is -0.140. The molecule has 1 saturated heterocycles. The van der Waals surface area contributed by atoms with E-state index in [9.17, 15) is 14.7 Å². The Morgan fingerprint density at radius 1 is 1.12 bits per heavy atom. The number of nitrogens with one attached hydrogen (secondary N) is 1. The van der Waals surface area contributed by atoms with Crippen LogP contribution >= 0.6 is 0 Å². The maximum Gasteiger partial charge on any atom is 0.295 e. The van der Waals surface area contributed by atoms with E-state index in [4.69, 9.17) is 9.47 Å². The van der Waals surface area contributed by atoms with Crippen molar-refractivity contribution in [3.05, 3.63) is 70.9 Å². The molecule has 7 heteroatoms. The molecule has 4 rings (SSSR count). The number of Topliss-reactive ketones (excluding diaryl/α,β-unsaturated/α-hetero) is 1. The first-order valence-corrected chi connectivity index (χ1v) is 11.4. The third-order valence-electron chi connectivity index (χ3n) is 6.00. The summed E-state index contributed by atoms with van der Waals surface area (Å²) in [4.78, 5) is 31.3. The third kappa shape index (κ3) is 4.31. The number of hydrogen-bond acceptors (Lipinski definition) is 5. The number of methoxy groups -OCH3 is 1. The van der Waals surface area contributed by atoms with Gasteiger partial charge in [0.1, 0.15) is 11.5 Å². The molecule has 7 nitrogen and oxygen atoms in total. The zero-order valence-electron chi connectivity index (χ0n) is 19.9. The topological polar surface area (TPSA) is 91.9 Å². The molecule has 0 aliphatic carbocycles. The molecular weight excluding hydrogens is 432 g/mol. The van der Waals surface area contributed by atoms with E-state index in [2.05, 4.69) is 4.98 Å². The number of likely N-dealkylation sites (tertiary alicyclic amines) is 1. The summed E-state index contributed by atoms with van der Waals surface area (Å²) in [5.74, 6) is -0.840. The van der Waals surface area contributed by atoms with Gasteiger partial charge in [-0.3, -0.25) is 9.59 Å². The first kappa shape index (κ1) is 23.6. The molecule has 2 N–H and O–H groups in total. The number of aromatic nitrogens is 1. The molecule has 2 aromatic carbocycles. The van der Waals surface area contributed by atoms with Crippen molar-refractivity contribution in [2.24, 2.45) is 0 Å². The minimum Gasteiger partial charge on any atom is -0.507 e. The van der Waals surface area contributed by atoms with Gasteiger partial charge in [-0.1, -0.05) is 18.2 Å². The van der Waals surface area contributed by atoms with E-state index in [1.165, 1.54) is 0 Å². The smallest absolute Gasteiger partial charge is 0.295 e. The van der Waals surface area contributed by atoms with Crippen molar-refractivity contribution >= 4 is 28.4 Å². The quantitative estimate of drug-likeness (QED) is 0.219. The monoisotopic (exact) mass is 462 g/mol. The van der Waals surface area contributed by atoms with E-state index in [1.807, 2.05) is 45.0 Å². The van der Waals surface area contributed by atoms with E-state index in [-0.39, 0.29) is 17.4 Å². The van der Waals surface area contributed by atoms with Crippen LogP contribution in [-0.2, 0) is 14.3 Å². The molecule has 1 aliphatic rings. The van der Waals surface area contributed by atoms with Crippen LogP contribution in [0, 0.1) is 6.92 Å². The van der Waals surface area contributed by atoms with E-state index < -0.39 is 17.7 Å². The molecule has 0 spiro atoms. The van der Waals surface area contributed by atoms with Crippen molar-refractivity contribution in [1.82, 2.24) is 9.88 Å². The van der Waals surface area contributed by atoms with Gasteiger partial charge >= 0.3 is 0 Å². The number of ketones is 1. The maximum absolute atomic E-state index is 13.3. The number of aliphatic hydroxyl groups excluding tert-OH is 1. The second kappa shape index (κ2) is 9.73. The normalized spacial score (nSPS) is 17.8. The van der Waals surface area contributed by atoms with Gasteiger partial charge in [0, 0.05) is 48.0 Å². The molecule has 1 aliphatic heterocycles. The molecule has 2 heterocycles. The predicted octanol–water partition coefficient (Wildman–Crippen LogP) is 4.72. The van der Waals surface area contributed by atoms with Gasteiger partial charge in [-0.15, -0.1) is 0 Å². The van der Waals surface area contributed by atoms with Gasteiger partial charge in [0.15, 0.2) is 0 Å². The highest BCUT2D eigenvalue weighted by Crippen LogP contribution is 2.43. The lowest BCUT2D eigenvalue weighted by Gasteiger charge is -2.25. The lowest BCUT2D eigenvalue weighted by atomic mass is 9.93. The first-order valence-electron chi connectivity index (χ1n) is 11.4. The van der Waals surface area contributed by atoms with Gasteiger partial charge in [0.05, 0.1) is 17.7 Å². The molecule has 1 fully saturated rings. The SMILES string of the molecule is COCCCN1C(=O)C(=O)/C(=C(/O)c2ccc(OC(C)C)cc2)C1c1c(C)[nH]c2ccccc12. The largest absolute Gasteiger partial charge is 0.507 e. The number of aryl methyl sites for hydroxylation is 1. The van der Waals surface area contributed by atoms with E-state index in [0.29, 0.717) is 30.9 Å². The Balaban J connectivity index is 1.86. The summed E-state index contributed by atoms with van der Waals surface area (Å²) in [5.41, 5.74) is 3.11. The van der Waals surface area contributed by atoms with Crippen LogP contribution in [-0.4, -0.2) is 53.0 Å². The number of fused-ring (bicyclic) bond motifs is 1. The van der Waals surface area contributed by atoms with Crippen molar-refractivity contribution in [2.45, 2.75) is 39.3 Å². The van der Waals surface area contributed by atoms with Crippen LogP contribution in [0.4, 0.5) is 0 Å². The van der Waals surface area contributed by atoms with Gasteiger partial charge in [-0.05, 0) is 57.5 Å². The zero-order chi connectivity index (χ0) is 24.4. The van der Waals surface area contributed by atoms with Gasteiger partial charge in [0.2, 0.25) is 0 Å². The van der Waals surface area contributed by atoms with Crippen molar-refractivity contribution in [3.63, 3.8) is 0 Å². The lowest BCUT2D eigenvalue weighted by Crippen LogP contribution is -2.31. The van der Waals surface area contributed by atoms with Crippen LogP contribution in [0.1, 0.15) is 43.1 Å². The number of carbonyl (C=O) groups is 2. The number of H-pyrrole nitrogens is 1. The number of carbonyl (C=O) groups excluding carboxylic acids is 2. The highest BCUT2D eigenvalue weighted by molar-refractivity contribution is 6.46. The van der Waals surface area contributed by atoms with Crippen molar-refractivity contribution in [2.75, 3.05) is 20.3 Å². The Morgan fingerprint density at radius 3 is 2.50 bits per heavy atom. The molecule has 0 saturated carbocycles. The molecular formula is C27H30N2O5. The fourth-order valence-electron chi connectivity index (χ4n) is 4.56. The summed E-state index contributed by atoms with van der Waals surface area (Å²) in [6, 6.07) is 13.9. The number of rotatable bonds is 8. The van der Waals surface area contributed by atoms with Gasteiger partial charge in [-0.25, -0.2) is 0 Å². The second-order valence-corrected chi connectivity index (χ2v) is 8.74. The molecule has 0 radical (unpaired) electrons. The molecule has 3 aromatic rings. The Bertz CT molecular complexity index is 1240. The van der Waals surface area contributed by atoms with E-state index in [1.54, 1.807) is 36.3 Å². The number of aliphatic hydroxyl groups is 1. The minimum atomic E-state index is -0.709. The van der Waals surface area contributed by atoms with Crippen molar-refractivity contribution in [1.29, 1.82) is 0 Å². The average molecular weight is 463 g/mol. The van der Waals surface area contributed by atoms with E-state index >= 15 is 0 Å². The molecule has 34 heavy (non-hydrogen) atoms. The van der Waals surface area contributed by atoms with Crippen LogP contribution in [0.3, 0.4) is 0 Å². The second-order valence-electron chi connectivity index (χ2n) is 8.74.